The number of hydrogen-bond acceptors (Lipinski definition) is 4. The van der Waals surface area contributed by atoms with E-state index < -0.39 is 18.6 Å². The monoisotopic (exact) mass is 269 g/mol. The number of hydrogen-bond donors (Lipinski definition) is 2. The molecule has 2 unspecified atom stereocenters. The van der Waals surface area contributed by atoms with Gasteiger partial charge in [-0.1, -0.05) is 6.92 Å². The minimum absolute atomic E-state index is 0.0510. The van der Waals surface area contributed by atoms with Crippen LogP contribution < -0.4 is 11.3 Å². The Bertz CT molecular complexity index is 236. The number of morpholine rings is 1. The molecule has 3 N–H and O–H groups in total. The number of nitrogens with zero attached hydrogens (tertiary/aromatic N) is 1. The molecule has 0 spiro atoms. The summed E-state index contributed by atoms with van der Waals surface area (Å²) >= 11 is 0. The minimum atomic E-state index is -4.15. The fourth-order valence-electron chi connectivity index (χ4n) is 2.19. The van der Waals surface area contributed by atoms with Crippen LogP contribution in [0.1, 0.15) is 26.2 Å². The summed E-state index contributed by atoms with van der Waals surface area (Å²) in [6.45, 7) is 5.04. The van der Waals surface area contributed by atoms with Crippen LogP contribution in [-0.4, -0.2) is 49.5 Å². The fourth-order valence-corrected chi connectivity index (χ4v) is 2.19. The average molecular weight is 269 g/mol. The van der Waals surface area contributed by atoms with Crippen LogP contribution in [0.3, 0.4) is 0 Å². The highest BCUT2D eigenvalue weighted by Gasteiger charge is 2.32. The van der Waals surface area contributed by atoms with Crippen molar-refractivity contribution in [3.63, 3.8) is 0 Å². The van der Waals surface area contributed by atoms with Gasteiger partial charge < -0.3 is 4.74 Å². The van der Waals surface area contributed by atoms with Crippen LogP contribution in [0.2, 0.25) is 0 Å². The van der Waals surface area contributed by atoms with E-state index in [-0.39, 0.29) is 12.5 Å². The number of rotatable bonds is 6. The van der Waals surface area contributed by atoms with E-state index in [2.05, 4.69) is 17.2 Å². The highest BCUT2D eigenvalue weighted by molar-refractivity contribution is 4.82. The van der Waals surface area contributed by atoms with Gasteiger partial charge in [-0.3, -0.25) is 16.2 Å². The second-order valence-corrected chi connectivity index (χ2v) is 4.64. The maximum Gasteiger partial charge on any atom is 0.389 e. The van der Waals surface area contributed by atoms with Crippen molar-refractivity contribution >= 4 is 0 Å². The molecule has 4 nitrogen and oxygen atoms in total. The minimum Gasteiger partial charge on any atom is -0.374 e. The maximum absolute atomic E-state index is 12.2. The Morgan fingerprint density at radius 1 is 1.50 bits per heavy atom. The van der Waals surface area contributed by atoms with Gasteiger partial charge in [0.2, 0.25) is 0 Å². The number of hydrazine groups is 1. The molecule has 1 fully saturated rings. The van der Waals surface area contributed by atoms with Crippen LogP contribution in [0.25, 0.3) is 0 Å². The normalized spacial score (nSPS) is 24.2. The lowest BCUT2D eigenvalue weighted by molar-refractivity contribution is -0.140. The quantitative estimate of drug-likeness (QED) is 0.563. The van der Waals surface area contributed by atoms with E-state index in [1.165, 1.54) is 0 Å². The van der Waals surface area contributed by atoms with E-state index in [0.29, 0.717) is 13.2 Å². The second kappa shape index (κ2) is 7.28. The van der Waals surface area contributed by atoms with Crippen molar-refractivity contribution in [2.75, 3.05) is 26.2 Å². The predicted molar refractivity (Wildman–Crippen MR) is 62.9 cm³/mol. The topological polar surface area (TPSA) is 50.5 Å². The summed E-state index contributed by atoms with van der Waals surface area (Å²) in [6, 6.07) is -0.453. The third kappa shape index (κ3) is 5.51. The number of halogens is 3. The van der Waals surface area contributed by atoms with Gasteiger partial charge in [0.1, 0.15) is 0 Å². The average Bonchev–Trinajstić information content (AvgIpc) is 2.29. The van der Waals surface area contributed by atoms with E-state index >= 15 is 0 Å². The van der Waals surface area contributed by atoms with E-state index in [1.807, 2.05) is 0 Å². The summed E-state index contributed by atoms with van der Waals surface area (Å²) in [5, 5.41) is 0. The van der Waals surface area contributed by atoms with Crippen molar-refractivity contribution < 1.29 is 17.9 Å². The molecule has 1 aliphatic rings. The lowest BCUT2D eigenvalue weighted by atomic mass is 10.0. The molecule has 0 radical (unpaired) electrons. The van der Waals surface area contributed by atoms with Crippen LogP contribution in [0.15, 0.2) is 0 Å². The molecule has 0 saturated carbocycles. The fraction of sp³-hybridized carbons (Fsp3) is 1.00. The lowest BCUT2D eigenvalue weighted by Crippen LogP contribution is -2.54. The van der Waals surface area contributed by atoms with Gasteiger partial charge in [0, 0.05) is 25.6 Å². The first-order chi connectivity index (χ1) is 8.46. The van der Waals surface area contributed by atoms with Crippen molar-refractivity contribution in [3.8, 4) is 0 Å². The molecule has 0 bridgehead atoms. The van der Waals surface area contributed by atoms with Crippen molar-refractivity contribution in [2.45, 2.75) is 44.5 Å². The van der Waals surface area contributed by atoms with Gasteiger partial charge in [-0.2, -0.15) is 13.2 Å². The van der Waals surface area contributed by atoms with Crippen molar-refractivity contribution in [1.29, 1.82) is 0 Å². The molecule has 108 valence electrons. The van der Waals surface area contributed by atoms with Crippen LogP contribution >= 0.6 is 0 Å². The van der Waals surface area contributed by atoms with Gasteiger partial charge >= 0.3 is 6.18 Å². The zero-order chi connectivity index (χ0) is 13.6. The maximum atomic E-state index is 12.2. The van der Waals surface area contributed by atoms with Gasteiger partial charge in [-0.05, 0) is 19.4 Å². The van der Waals surface area contributed by atoms with Crippen LogP contribution in [0, 0.1) is 0 Å². The second-order valence-electron chi connectivity index (χ2n) is 4.64. The van der Waals surface area contributed by atoms with Gasteiger partial charge in [0.05, 0.1) is 12.7 Å². The summed E-state index contributed by atoms with van der Waals surface area (Å²) in [6.07, 6.45) is -4.28. The Labute approximate surface area is 106 Å². The molecule has 2 atom stereocenters. The smallest absolute Gasteiger partial charge is 0.374 e. The summed E-state index contributed by atoms with van der Waals surface area (Å²) in [7, 11) is 0. The number of ether oxygens (including phenoxy) is 1. The van der Waals surface area contributed by atoms with Gasteiger partial charge in [0.25, 0.3) is 0 Å². The highest BCUT2D eigenvalue weighted by Crippen LogP contribution is 2.24. The summed E-state index contributed by atoms with van der Waals surface area (Å²) in [4.78, 5) is 2.20. The Morgan fingerprint density at radius 3 is 2.78 bits per heavy atom. The van der Waals surface area contributed by atoms with E-state index in [1.54, 1.807) is 0 Å². The van der Waals surface area contributed by atoms with Crippen LogP contribution in [0.4, 0.5) is 13.2 Å². The Morgan fingerprint density at radius 2 is 2.22 bits per heavy atom. The van der Waals surface area contributed by atoms with Crippen molar-refractivity contribution in [1.82, 2.24) is 10.3 Å². The molecule has 1 rings (SSSR count). The van der Waals surface area contributed by atoms with E-state index in [0.717, 1.165) is 19.5 Å². The molecule has 1 saturated heterocycles. The van der Waals surface area contributed by atoms with E-state index in [9.17, 15) is 13.2 Å². The first-order valence-electron chi connectivity index (χ1n) is 6.33. The zero-order valence-electron chi connectivity index (χ0n) is 10.7. The molecule has 0 amide bonds. The molecule has 0 aromatic rings. The summed E-state index contributed by atoms with van der Waals surface area (Å²) in [5.74, 6) is 5.34. The molecular weight excluding hydrogens is 247 g/mol. The molecule has 0 aromatic carbocycles. The Balaban J connectivity index is 2.43. The van der Waals surface area contributed by atoms with Gasteiger partial charge in [0.15, 0.2) is 0 Å². The Kier molecular flexibility index (Phi) is 6.34. The van der Waals surface area contributed by atoms with Crippen LogP contribution in [0.5, 0.6) is 0 Å². The molecule has 0 aliphatic carbocycles. The molecule has 7 heteroatoms. The summed E-state index contributed by atoms with van der Waals surface area (Å²) in [5.41, 5.74) is 2.46. The molecule has 18 heavy (non-hydrogen) atoms. The van der Waals surface area contributed by atoms with Gasteiger partial charge in [-0.15, -0.1) is 0 Å². The first-order valence-corrected chi connectivity index (χ1v) is 6.33. The SMILES string of the molecule is CCCN1CCOC(C(CCC(F)(F)F)NN)C1. The van der Waals surface area contributed by atoms with Crippen molar-refractivity contribution in [2.24, 2.45) is 5.84 Å². The van der Waals surface area contributed by atoms with Crippen LogP contribution in [-0.2, 0) is 4.74 Å². The first kappa shape index (κ1) is 15.7. The van der Waals surface area contributed by atoms with E-state index in [4.69, 9.17) is 10.6 Å². The standard InChI is InChI=1S/C11H22F3N3O/c1-2-5-17-6-7-18-10(8-17)9(16-15)3-4-11(12,13)14/h9-10,16H,2-8,15H2,1H3. The molecular formula is C11H22F3N3O. The number of alkyl halides is 3. The molecule has 1 aliphatic heterocycles. The zero-order valence-corrected chi connectivity index (χ0v) is 10.7. The van der Waals surface area contributed by atoms with Crippen molar-refractivity contribution in [3.05, 3.63) is 0 Å². The number of nitrogens with one attached hydrogen (secondary N) is 1. The Hall–Kier alpha value is -0.370. The lowest BCUT2D eigenvalue weighted by Gasteiger charge is -2.36. The number of nitrogens with two attached hydrogens (primary N) is 1. The summed E-state index contributed by atoms with van der Waals surface area (Å²) < 4.78 is 42.1. The third-order valence-corrected chi connectivity index (χ3v) is 3.12. The largest absolute Gasteiger partial charge is 0.389 e. The van der Waals surface area contributed by atoms with Gasteiger partial charge in [-0.25, -0.2) is 0 Å². The third-order valence-electron chi connectivity index (χ3n) is 3.12. The molecule has 1 heterocycles. The highest BCUT2D eigenvalue weighted by atomic mass is 19.4. The predicted octanol–water partition coefficient (Wildman–Crippen LogP) is 1.27. The molecule has 0 aromatic heterocycles.